The number of nitrogens with one attached hydrogen (secondary N) is 2. The molecule has 2 N–H and O–H groups in total. The lowest BCUT2D eigenvalue weighted by Crippen LogP contribution is -2.43. The number of aromatic amines is 1. The minimum atomic E-state index is -0.322. The lowest BCUT2D eigenvalue weighted by atomic mass is 10.0. The van der Waals surface area contributed by atoms with Gasteiger partial charge in [-0.25, -0.2) is 0 Å². The summed E-state index contributed by atoms with van der Waals surface area (Å²) in [6.45, 7) is 4.24. The summed E-state index contributed by atoms with van der Waals surface area (Å²) >= 11 is 0. The number of H-pyrrole nitrogens is 1. The number of carbonyl (C=O) groups is 1. The Morgan fingerprint density at radius 2 is 1.85 bits per heavy atom. The molecule has 0 unspecified atom stereocenters. The van der Waals surface area contributed by atoms with Gasteiger partial charge in [-0.05, 0) is 44.2 Å². The van der Waals surface area contributed by atoms with Gasteiger partial charge in [0.05, 0.1) is 11.3 Å². The van der Waals surface area contributed by atoms with Gasteiger partial charge < -0.3 is 19.8 Å². The summed E-state index contributed by atoms with van der Waals surface area (Å²) in [7, 11) is 0. The van der Waals surface area contributed by atoms with Crippen molar-refractivity contribution in [1.82, 2.24) is 4.98 Å². The average Bonchev–Trinajstić information content (AvgIpc) is 3.26. The van der Waals surface area contributed by atoms with E-state index < -0.39 is 0 Å². The Labute approximate surface area is 156 Å². The zero-order chi connectivity index (χ0) is 18.5. The van der Waals surface area contributed by atoms with Crippen LogP contribution in [0.3, 0.4) is 0 Å². The third kappa shape index (κ3) is 2.44. The molecule has 1 aromatic heterocycles. The molecule has 6 heteroatoms. The van der Waals surface area contributed by atoms with Crippen LogP contribution < -0.4 is 19.7 Å². The Balaban J connectivity index is 1.67. The van der Waals surface area contributed by atoms with Gasteiger partial charge in [-0.15, -0.1) is 0 Å². The SMILES string of the molecule is Cc1cc([C@H]2Nc3ccccc3C(=O)N2c2ccc3c(c2)OCO3)c(C)[nH]1. The maximum absolute atomic E-state index is 13.4. The number of carbonyl (C=O) groups excluding carboxylic acids is 1. The monoisotopic (exact) mass is 361 g/mol. The minimum absolute atomic E-state index is 0.0496. The number of nitrogens with zero attached hydrogens (tertiary/aromatic N) is 1. The summed E-state index contributed by atoms with van der Waals surface area (Å²) in [6, 6.07) is 15.3. The molecule has 0 fully saturated rings. The molecule has 27 heavy (non-hydrogen) atoms. The van der Waals surface area contributed by atoms with E-state index >= 15 is 0 Å². The summed E-state index contributed by atoms with van der Waals surface area (Å²) in [6.07, 6.45) is -0.322. The van der Waals surface area contributed by atoms with Gasteiger partial charge in [-0.1, -0.05) is 12.1 Å². The molecule has 3 aromatic rings. The van der Waals surface area contributed by atoms with Crippen molar-refractivity contribution in [3.05, 3.63) is 71.0 Å². The third-order valence-corrected chi connectivity index (χ3v) is 5.05. The number of amides is 1. The summed E-state index contributed by atoms with van der Waals surface area (Å²) in [5.74, 6) is 1.30. The number of hydrogen-bond acceptors (Lipinski definition) is 4. The first-order valence-corrected chi connectivity index (χ1v) is 8.87. The largest absolute Gasteiger partial charge is 0.454 e. The van der Waals surface area contributed by atoms with Gasteiger partial charge >= 0.3 is 0 Å². The van der Waals surface area contributed by atoms with Crippen LogP contribution in [0.4, 0.5) is 11.4 Å². The molecular weight excluding hydrogens is 342 g/mol. The van der Waals surface area contributed by atoms with Gasteiger partial charge in [0.15, 0.2) is 11.5 Å². The first-order chi connectivity index (χ1) is 13.1. The highest BCUT2D eigenvalue weighted by Crippen LogP contribution is 2.41. The van der Waals surface area contributed by atoms with Gasteiger partial charge in [0.1, 0.15) is 6.17 Å². The summed E-state index contributed by atoms with van der Waals surface area (Å²) in [5.41, 5.74) is 5.37. The van der Waals surface area contributed by atoms with E-state index in [9.17, 15) is 4.79 Å². The van der Waals surface area contributed by atoms with Crippen LogP contribution in [0.25, 0.3) is 0 Å². The molecule has 0 spiro atoms. The number of aromatic nitrogens is 1. The number of para-hydroxylation sites is 1. The number of rotatable bonds is 2. The number of fused-ring (bicyclic) bond motifs is 2. The minimum Gasteiger partial charge on any atom is -0.454 e. The average molecular weight is 361 g/mol. The van der Waals surface area contributed by atoms with Crippen LogP contribution in [0.5, 0.6) is 11.5 Å². The van der Waals surface area contributed by atoms with E-state index in [1.807, 2.05) is 56.3 Å². The van der Waals surface area contributed by atoms with Gasteiger partial charge in [0.2, 0.25) is 6.79 Å². The molecule has 0 saturated heterocycles. The molecule has 0 radical (unpaired) electrons. The lowest BCUT2D eigenvalue weighted by Gasteiger charge is -2.38. The molecule has 6 nitrogen and oxygen atoms in total. The van der Waals surface area contributed by atoms with Crippen LogP contribution in [-0.4, -0.2) is 17.7 Å². The molecule has 136 valence electrons. The summed E-state index contributed by atoms with van der Waals surface area (Å²) < 4.78 is 10.9. The van der Waals surface area contributed by atoms with Gasteiger partial charge in [-0.3, -0.25) is 9.69 Å². The first kappa shape index (κ1) is 15.8. The van der Waals surface area contributed by atoms with Crippen molar-refractivity contribution in [1.29, 1.82) is 0 Å². The van der Waals surface area contributed by atoms with Crippen molar-refractivity contribution >= 4 is 17.3 Å². The first-order valence-electron chi connectivity index (χ1n) is 8.87. The van der Waals surface area contributed by atoms with E-state index in [0.29, 0.717) is 17.1 Å². The smallest absolute Gasteiger partial charge is 0.262 e. The van der Waals surface area contributed by atoms with Crippen molar-refractivity contribution < 1.29 is 14.3 Å². The van der Waals surface area contributed by atoms with Gasteiger partial charge in [0, 0.05) is 28.7 Å². The highest BCUT2D eigenvalue weighted by Gasteiger charge is 2.35. The molecular formula is C21H19N3O3. The molecule has 0 aliphatic carbocycles. The number of ether oxygens (including phenoxy) is 2. The van der Waals surface area contributed by atoms with Crippen LogP contribution >= 0.6 is 0 Å². The third-order valence-electron chi connectivity index (χ3n) is 5.05. The predicted molar refractivity (Wildman–Crippen MR) is 102 cm³/mol. The van der Waals surface area contributed by atoms with E-state index in [-0.39, 0.29) is 18.9 Å². The number of aryl methyl sites for hydroxylation is 2. The van der Waals surface area contributed by atoms with E-state index in [0.717, 1.165) is 28.3 Å². The summed E-state index contributed by atoms with van der Waals surface area (Å²) in [5, 5.41) is 3.53. The fraction of sp³-hybridized carbons (Fsp3) is 0.190. The predicted octanol–water partition coefficient (Wildman–Crippen LogP) is 4.13. The second-order valence-electron chi connectivity index (χ2n) is 6.84. The number of benzene rings is 2. The molecule has 1 amide bonds. The van der Waals surface area contributed by atoms with Crippen LogP contribution in [0, 0.1) is 13.8 Å². The molecule has 0 saturated carbocycles. The highest BCUT2D eigenvalue weighted by molar-refractivity contribution is 6.12. The lowest BCUT2D eigenvalue weighted by molar-refractivity contribution is 0.0975. The van der Waals surface area contributed by atoms with Crippen LogP contribution in [0.2, 0.25) is 0 Å². The van der Waals surface area contributed by atoms with Crippen LogP contribution in [-0.2, 0) is 0 Å². The topological polar surface area (TPSA) is 66.6 Å². The van der Waals surface area contributed by atoms with Crippen LogP contribution in [0.1, 0.15) is 33.5 Å². The maximum atomic E-state index is 13.4. The molecule has 5 rings (SSSR count). The van der Waals surface area contributed by atoms with Crippen molar-refractivity contribution in [3.63, 3.8) is 0 Å². The van der Waals surface area contributed by atoms with E-state index in [1.54, 1.807) is 4.90 Å². The van der Waals surface area contributed by atoms with E-state index in [1.165, 1.54) is 0 Å². The van der Waals surface area contributed by atoms with Crippen molar-refractivity contribution in [2.75, 3.05) is 17.0 Å². The van der Waals surface area contributed by atoms with E-state index in [4.69, 9.17) is 9.47 Å². The zero-order valence-corrected chi connectivity index (χ0v) is 15.1. The Morgan fingerprint density at radius 3 is 2.67 bits per heavy atom. The second-order valence-corrected chi connectivity index (χ2v) is 6.84. The molecule has 0 bridgehead atoms. The fourth-order valence-electron chi connectivity index (χ4n) is 3.80. The number of hydrogen-bond donors (Lipinski definition) is 2. The Bertz CT molecular complexity index is 1060. The Morgan fingerprint density at radius 1 is 1.04 bits per heavy atom. The molecule has 1 atom stereocenters. The van der Waals surface area contributed by atoms with Crippen molar-refractivity contribution in [2.45, 2.75) is 20.0 Å². The maximum Gasteiger partial charge on any atom is 0.262 e. The quantitative estimate of drug-likeness (QED) is 0.720. The number of anilines is 2. The standard InChI is InChI=1S/C21H19N3O3/c1-12-9-16(13(2)22-12)20-23-17-6-4-3-5-15(17)21(25)24(20)14-7-8-18-19(10-14)27-11-26-18/h3-10,20,22-23H,11H2,1-2H3/t20-/m0/s1. The molecule has 2 aromatic carbocycles. The van der Waals surface area contributed by atoms with E-state index in [2.05, 4.69) is 16.4 Å². The molecule has 2 aliphatic rings. The highest BCUT2D eigenvalue weighted by atomic mass is 16.7. The fourth-order valence-corrected chi connectivity index (χ4v) is 3.80. The zero-order valence-electron chi connectivity index (χ0n) is 15.1. The van der Waals surface area contributed by atoms with Crippen molar-refractivity contribution in [2.24, 2.45) is 0 Å². The van der Waals surface area contributed by atoms with Gasteiger partial charge in [-0.2, -0.15) is 0 Å². The molecule has 3 heterocycles. The normalized spacial score (nSPS) is 17.6. The Kier molecular flexibility index (Phi) is 3.40. The van der Waals surface area contributed by atoms with Crippen molar-refractivity contribution in [3.8, 4) is 11.5 Å². The Hall–Kier alpha value is -3.41. The van der Waals surface area contributed by atoms with Gasteiger partial charge in [0.25, 0.3) is 5.91 Å². The van der Waals surface area contributed by atoms with Crippen LogP contribution in [0.15, 0.2) is 48.5 Å². The molecule has 2 aliphatic heterocycles. The summed E-state index contributed by atoms with van der Waals surface area (Å²) in [4.78, 5) is 18.5. The second kappa shape index (κ2) is 5.81.